The summed E-state index contributed by atoms with van der Waals surface area (Å²) in [5.74, 6) is -0.123. The van der Waals surface area contributed by atoms with E-state index in [1.165, 1.54) is 0 Å². The van der Waals surface area contributed by atoms with Crippen molar-refractivity contribution in [3.8, 4) is 0 Å². The molecule has 1 saturated heterocycles. The molecule has 2 amide bonds. The van der Waals surface area contributed by atoms with Gasteiger partial charge in [-0.2, -0.15) is 0 Å². The average Bonchev–Trinajstić information content (AvgIpc) is 3.11. The fourth-order valence-electron chi connectivity index (χ4n) is 2.88. The Morgan fingerprint density at radius 3 is 2.76 bits per heavy atom. The quantitative estimate of drug-likeness (QED) is 0.659. The minimum absolute atomic E-state index is 0.0283. The van der Waals surface area contributed by atoms with Crippen molar-refractivity contribution in [2.75, 3.05) is 13.2 Å². The number of carbonyl (C=O) groups is 2. The predicted octanol–water partition coefficient (Wildman–Crippen LogP) is 3.31. The van der Waals surface area contributed by atoms with Crippen LogP contribution in [-0.4, -0.2) is 37.1 Å². The van der Waals surface area contributed by atoms with Gasteiger partial charge in [0.05, 0.1) is 6.10 Å². The molecule has 0 aliphatic carbocycles. The van der Waals surface area contributed by atoms with E-state index in [-0.39, 0.29) is 17.9 Å². The van der Waals surface area contributed by atoms with E-state index in [1.54, 1.807) is 24.3 Å². The van der Waals surface area contributed by atoms with Gasteiger partial charge in [0.1, 0.15) is 0 Å². The van der Waals surface area contributed by atoms with Crippen LogP contribution in [-0.2, 0) is 9.53 Å². The number of amides is 2. The summed E-state index contributed by atoms with van der Waals surface area (Å²) in [6, 6.07) is 6.88. The van der Waals surface area contributed by atoms with E-state index < -0.39 is 0 Å². The van der Waals surface area contributed by atoms with E-state index >= 15 is 0 Å². The molecule has 25 heavy (non-hydrogen) atoms. The summed E-state index contributed by atoms with van der Waals surface area (Å²) >= 11 is 5.80. The summed E-state index contributed by atoms with van der Waals surface area (Å²) in [4.78, 5) is 23.9. The van der Waals surface area contributed by atoms with Crippen LogP contribution in [0.2, 0.25) is 5.02 Å². The fraction of sp³-hybridized carbons (Fsp3) is 0.579. The monoisotopic (exact) mass is 366 g/mol. The number of rotatable bonds is 9. The predicted molar refractivity (Wildman–Crippen MR) is 98.8 cm³/mol. The standard InChI is InChI=1S/C19H27ClN2O3/c1-14(6-11-17-4-3-13-25-17)22-18(23)5-2-12-21-19(24)15-7-9-16(20)10-8-15/h7-10,14,17H,2-6,11-13H2,1H3,(H,21,24)(H,22,23). The zero-order chi connectivity index (χ0) is 18.1. The minimum Gasteiger partial charge on any atom is -0.378 e. The molecule has 1 heterocycles. The molecule has 2 rings (SSSR count). The van der Waals surface area contributed by atoms with Crippen molar-refractivity contribution in [2.45, 2.75) is 57.6 Å². The lowest BCUT2D eigenvalue weighted by Crippen LogP contribution is -2.33. The molecular formula is C19H27ClN2O3. The number of nitrogens with one attached hydrogen (secondary N) is 2. The van der Waals surface area contributed by atoms with Crippen LogP contribution in [0, 0.1) is 0 Å². The van der Waals surface area contributed by atoms with Crippen molar-refractivity contribution >= 4 is 23.4 Å². The summed E-state index contributed by atoms with van der Waals surface area (Å²) in [6.45, 7) is 3.36. The maximum Gasteiger partial charge on any atom is 0.251 e. The second-order valence-corrected chi connectivity index (χ2v) is 6.98. The number of halogens is 1. The average molecular weight is 367 g/mol. The van der Waals surface area contributed by atoms with Crippen LogP contribution in [0.4, 0.5) is 0 Å². The van der Waals surface area contributed by atoms with Gasteiger partial charge >= 0.3 is 0 Å². The van der Waals surface area contributed by atoms with E-state index in [4.69, 9.17) is 16.3 Å². The largest absolute Gasteiger partial charge is 0.378 e. The van der Waals surface area contributed by atoms with Crippen LogP contribution in [0.3, 0.4) is 0 Å². The Balaban J connectivity index is 1.55. The highest BCUT2D eigenvalue weighted by molar-refractivity contribution is 6.30. The van der Waals surface area contributed by atoms with Crippen molar-refractivity contribution in [3.05, 3.63) is 34.9 Å². The lowest BCUT2D eigenvalue weighted by Gasteiger charge is -2.16. The lowest BCUT2D eigenvalue weighted by atomic mass is 10.1. The molecule has 0 radical (unpaired) electrons. The van der Waals surface area contributed by atoms with Gasteiger partial charge in [0, 0.05) is 36.2 Å². The van der Waals surface area contributed by atoms with Gasteiger partial charge in [-0.15, -0.1) is 0 Å². The summed E-state index contributed by atoms with van der Waals surface area (Å²) in [7, 11) is 0. The van der Waals surface area contributed by atoms with Gasteiger partial charge in [-0.1, -0.05) is 11.6 Å². The number of hydrogen-bond donors (Lipinski definition) is 2. The first-order valence-corrected chi connectivity index (χ1v) is 9.37. The first-order chi connectivity index (χ1) is 12.0. The van der Waals surface area contributed by atoms with Crippen molar-refractivity contribution in [2.24, 2.45) is 0 Å². The molecule has 1 aliphatic heterocycles. The Morgan fingerprint density at radius 1 is 1.32 bits per heavy atom. The first-order valence-electron chi connectivity index (χ1n) is 8.99. The molecule has 1 aromatic carbocycles. The van der Waals surface area contributed by atoms with Crippen molar-refractivity contribution in [1.82, 2.24) is 10.6 Å². The zero-order valence-electron chi connectivity index (χ0n) is 14.7. The Labute approximate surface area is 154 Å². The zero-order valence-corrected chi connectivity index (χ0v) is 15.5. The maximum absolute atomic E-state index is 11.9. The SMILES string of the molecule is CC(CCC1CCCO1)NC(=O)CCCNC(=O)c1ccc(Cl)cc1. The number of ether oxygens (including phenoxy) is 1. The van der Waals surface area contributed by atoms with Gasteiger partial charge in [-0.25, -0.2) is 0 Å². The first kappa shape index (κ1) is 19.7. The fourth-order valence-corrected chi connectivity index (χ4v) is 3.01. The van der Waals surface area contributed by atoms with E-state index in [0.29, 0.717) is 36.1 Å². The number of benzene rings is 1. The summed E-state index contributed by atoms with van der Waals surface area (Å²) < 4.78 is 5.59. The molecule has 0 saturated carbocycles. The second-order valence-electron chi connectivity index (χ2n) is 6.55. The van der Waals surface area contributed by atoms with E-state index in [9.17, 15) is 9.59 Å². The molecule has 1 aromatic rings. The van der Waals surface area contributed by atoms with Crippen LogP contribution in [0.5, 0.6) is 0 Å². The lowest BCUT2D eigenvalue weighted by molar-refractivity contribution is -0.121. The molecule has 0 spiro atoms. The Bertz CT molecular complexity index is 556. The molecule has 5 nitrogen and oxygen atoms in total. The smallest absolute Gasteiger partial charge is 0.251 e. The molecule has 1 fully saturated rings. The minimum atomic E-state index is -0.151. The summed E-state index contributed by atoms with van der Waals surface area (Å²) in [5, 5.41) is 6.42. The normalized spacial score (nSPS) is 17.9. The van der Waals surface area contributed by atoms with Crippen LogP contribution in [0.15, 0.2) is 24.3 Å². The molecule has 0 bridgehead atoms. The molecule has 2 unspecified atom stereocenters. The van der Waals surface area contributed by atoms with Crippen LogP contribution in [0.25, 0.3) is 0 Å². The van der Waals surface area contributed by atoms with Gasteiger partial charge in [0.25, 0.3) is 5.91 Å². The van der Waals surface area contributed by atoms with Gasteiger partial charge < -0.3 is 15.4 Å². The maximum atomic E-state index is 11.9. The molecule has 2 atom stereocenters. The Morgan fingerprint density at radius 2 is 2.08 bits per heavy atom. The van der Waals surface area contributed by atoms with Gasteiger partial charge in [0.2, 0.25) is 5.91 Å². The van der Waals surface area contributed by atoms with Gasteiger partial charge in [0.15, 0.2) is 0 Å². The number of carbonyl (C=O) groups excluding carboxylic acids is 2. The third-order valence-corrected chi connectivity index (χ3v) is 4.58. The molecular weight excluding hydrogens is 340 g/mol. The Kier molecular flexibility index (Phi) is 8.22. The van der Waals surface area contributed by atoms with Crippen LogP contribution < -0.4 is 10.6 Å². The van der Waals surface area contributed by atoms with E-state index in [2.05, 4.69) is 10.6 Å². The molecule has 138 valence electrons. The number of hydrogen-bond acceptors (Lipinski definition) is 3. The van der Waals surface area contributed by atoms with Gasteiger partial charge in [-0.05, 0) is 63.3 Å². The molecule has 1 aliphatic rings. The Hall–Kier alpha value is -1.59. The highest BCUT2D eigenvalue weighted by Gasteiger charge is 2.17. The van der Waals surface area contributed by atoms with Crippen molar-refractivity contribution < 1.29 is 14.3 Å². The third-order valence-electron chi connectivity index (χ3n) is 4.33. The molecule has 6 heteroatoms. The third kappa shape index (κ3) is 7.45. The molecule has 0 aromatic heterocycles. The van der Waals surface area contributed by atoms with Crippen molar-refractivity contribution in [3.63, 3.8) is 0 Å². The highest BCUT2D eigenvalue weighted by Crippen LogP contribution is 2.17. The van der Waals surface area contributed by atoms with E-state index in [1.807, 2.05) is 6.92 Å². The van der Waals surface area contributed by atoms with Crippen molar-refractivity contribution in [1.29, 1.82) is 0 Å². The molecule has 2 N–H and O–H groups in total. The van der Waals surface area contributed by atoms with E-state index in [0.717, 1.165) is 32.3 Å². The van der Waals surface area contributed by atoms with Crippen LogP contribution in [0.1, 0.15) is 55.8 Å². The topological polar surface area (TPSA) is 67.4 Å². The summed E-state index contributed by atoms with van der Waals surface area (Å²) in [6.07, 6.45) is 5.60. The second kappa shape index (κ2) is 10.4. The van der Waals surface area contributed by atoms with Gasteiger partial charge in [-0.3, -0.25) is 9.59 Å². The van der Waals surface area contributed by atoms with Crippen LogP contribution >= 0.6 is 11.6 Å². The highest BCUT2D eigenvalue weighted by atomic mass is 35.5. The summed E-state index contributed by atoms with van der Waals surface area (Å²) in [5.41, 5.74) is 0.566.